The zero-order valence-corrected chi connectivity index (χ0v) is 16.1. The first kappa shape index (κ1) is 19.6. The molecular formula is C22H31N3O2. The second kappa shape index (κ2) is 11.5. The van der Waals surface area contributed by atoms with Gasteiger partial charge in [-0.25, -0.2) is 0 Å². The zero-order chi connectivity index (χ0) is 18.6. The van der Waals surface area contributed by atoms with E-state index in [0.29, 0.717) is 19.3 Å². The van der Waals surface area contributed by atoms with Crippen molar-refractivity contribution in [2.24, 2.45) is 0 Å². The summed E-state index contributed by atoms with van der Waals surface area (Å²) in [7, 11) is 0. The highest BCUT2D eigenvalue weighted by Crippen LogP contribution is 2.21. The Hall–Kier alpha value is -2.14. The quantitative estimate of drug-likeness (QED) is 0.658. The number of nitrogens with zero attached hydrogens (tertiary/aromatic N) is 3. The minimum atomic E-state index is 0.625. The standard InChI is InChI=1S/C22H31N3O2/c1-2-4-8-20(9-5-3-1)25(14-16-26-21-10-6-12-23-18-21)15-17-27-22-11-7-13-24-19-22/h6-7,10-13,18-20H,1-5,8-9,14-17H2. The molecule has 0 aliphatic heterocycles. The van der Waals surface area contributed by atoms with E-state index in [-0.39, 0.29) is 0 Å². The molecule has 5 heteroatoms. The van der Waals surface area contributed by atoms with Crippen LogP contribution >= 0.6 is 0 Å². The molecule has 1 fully saturated rings. The van der Waals surface area contributed by atoms with Gasteiger partial charge in [0, 0.05) is 31.5 Å². The zero-order valence-electron chi connectivity index (χ0n) is 16.1. The molecule has 1 aliphatic rings. The first-order valence-corrected chi connectivity index (χ1v) is 10.2. The van der Waals surface area contributed by atoms with Gasteiger partial charge in [0.15, 0.2) is 0 Å². The molecule has 0 saturated heterocycles. The lowest BCUT2D eigenvalue weighted by molar-refractivity contribution is 0.117. The lowest BCUT2D eigenvalue weighted by Crippen LogP contribution is -2.41. The first-order chi connectivity index (χ1) is 13.4. The van der Waals surface area contributed by atoms with Crippen LogP contribution in [-0.2, 0) is 0 Å². The van der Waals surface area contributed by atoms with Gasteiger partial charge in [-0.05, 0) is 37.1 Å². The minimum absolute atomic E-state index is 0.625. The Morgan fingerprint density at radius 3 is 1.78 bits per heavy atom. The second-order valence-corrected chi connectivity index (χ2v) is 7.11. The average molecular weight is 370 g/mol. The fraction of sp³-hybridized carbons (Fsp3) is 0.545. The van der Waals surface area contributed by atoms with Gasteiger partial charge in [0.2, 0.25) is 0 Å². The van der Waals surface area contributed by atoms with Crippen LogP contribution in [0.3, 0.4) is 0 Å². The van der Waals surface area contributed by atoms with Crippen molar-refractivity contribution in [1.82, 2.24) is 14.9 Å². The number of aromatic nitrogens is 2. The lowest BCUT2D eigenvalue weighted by Gasteiger charge is -2.33. The van der Waals surface area contributed by atoms with Crippen LogP contribution in [0.25, 0.3) is 0 Å². The van der Waals surface area contributed by atoms with E-state index < -0.39 is 0 Å². The van der Waals surface area contributed by atoms with Gasteiger partial charge in [-0.15, -0.1) is 0 Å². The molecule has 0 spiro atoms. The van der Waals surface area contributed by atoms with Gasteiger partial charge in [0.25, 0.3) is 0 Å². The van der Waals surface area contributed by atoms with Crippen LogP contribution in [-0.4, -0.2) is 47.2 Å². The third-order valence-corrected chi connectivity index (χ3v) is 5.15. The Morgan fingerprint density at radius 2 is 1.30 bits per heavy atom. The molecule has 0 N–H and O–H groups in total. The van der Waals surface area contributed by atoms with Crippen molar-refractivity contribution < 1.29 is 9.47 Å². The van der Waals surface area contributed by atoms with Crippen LogP contribution in [0.5, 0.6) is 11.5 Å². The average Bonchev–Trinajstić information content (AvgIpc) is 2.69. The van der Waals surface area contributed by atoms with Gasteiger partial charge in [-0.2, -0.15) is 0 Å². The van der Waals surface area contributed by atoms with Gasteiger partial charge in [-0.1, -0.05) is 32.1 Å². The van der Waals surface area contributed by atoms with E-state index in [4.69, 9.17) is 9.47 Å². The normalized spacial score (nSPS) is 15.9. The smallest absolute Gasteiger partial charge is 0.137 e. The molecule has 1 saturated carbocycles. The van der Waals surface area contributed by atoms with E-state index in [2.05, 4.69) is 14.9 Å². The highest BCUT2D eigenvalue weighted by atomic mass is 16.5. The predicted octanol–water partition coefficient (Wildman–Crippen LogP) is 4.35. The van der Waals surface area contributed by atoms with Crippen LogP contribution in [0.2, 0.25) is 0 Å². The van der Waals surface area contributed by atoms with Gasteiger partial charge in [-0.3, -0.25) is 14.9 Å². The molecule has 2 heterocycles. The van der Waals surface area contributed by atoms with Crippen molar-refractivity contribution in [2.45, 2.75) is 51.0 Å². The Bertz CT molecular complexity index is 570. The summed E-state index contributed by atoms with van der Waals surface area (Å²) in [6, 6.07) is 8.35. The van der Waals surface area contributed by atoms with E-state index in [1.807, 2.05) is 24.3 Å². The van der Waals surface area contributed by atoms with E-state index in [0.717, 1.165) is 24.6 Å². The summed E-state index contributed by atoms with van der Waals surface area (Å²) in [4.78, 5) is 10.8. The second-order valence-electron chi connectivity index (χ2n) is 7.11. The third-order valence-electron chi connectivity index (χ3n) is 5.15. The predicted molar refractivity (Wildman–Crippen MR) is 107 cm³/mol. The fourth-order valence-corrected chi connectivity index (χ4v) is 3.70. The highest BCUT2D eigenvalue weighted by molar-refractivity contribution is 5.15. The van der Waals surface area contributed by atoms with E-state index >= 15 is 0 Å². The van der Waals surface area contributed by atoms with Crippen LogP contribution in [0, 0.1) is 0 Å². The number of ether oxygens (including phenoxy) is 2. The Morgan fingerprint density at radius 1 is 0.778 bits per heavy atom. The minimum Gasteiger partial charge on any atom is -0.491 e. The van der Waals surface area contributed by atoms with E-state index in [9.17, 15) is 0 Å². The van der Waals surface area contributed by atoms with Crippen molar-refractivity contribution in [3.63, 3.8) is 0 Å². The molecule has 2 aromatic heterocycles. The van der Waals surface area contributed by atoms with Crippen molar-refractivity contribution in [2.75, 3.05) is 26.3 Å². The number of hydrogen-bond acceptors (Lipinski definition) is 5. The topological polar surface area (TPSA) is 47.5 Å². The van der Waals surface area contributed by atoms with E-state index in [1.165, 1.54) is 44.9 Å². The van der Waals surface area contributed by atoms with Gasteiger partial charge < -0.3 is 9.47 Å². The summed E-state index contributed by atoms with van der Waals surface area (Å²) in [6.45, 7) is 3.18. The Labute approximate surface area is 162 Å². The highest BCUT2D eigenvalue weighted by Gasteiger charge is 2.19. The molecule has 5 nitrogen and oxygen atoms in total. The third kappa shape index (κ3) is 7.18. The maximum Gasteiger partial charge on any atom is 0.137 e. The Kier molecular flexibility index (Phi) is 8.39. The molecule has 0 atom stereocenters. The van der Waals surface area contributed by atoms with Crippen LogP contribution in [0.1, 0.15) is 44.9 Å². The van der Waals surface area contributed by atoms with E-state index in [1.54, 1.807) is 24.8 Å². The number of rotatable bonds is 9. The molecule has 0 radical (unpaired) electrons. The van der Waals surface area contributed by atoms with Crippen LogP contribution in [0.15, 0.2) is 49.1 Å². The molecule has 0 amide bonds. The first-order valence-electron chi connectivity index (χ1n) is 10.2. The van der Waals surface area contributed by atoms with Crippen molar-refractivity contribution >= 4 is 0 Å². The summed E-state index contributed by atoms with van der Waals surface area (Å²) >= 11 is 0. The fourth-order valence-electron chi connectivity index (χ4n) is 3.70. The van der Waals surface area contributed by atoms with Gasteiger partial charge in [0.05, 0.1) is 12.4 Å². The summed E-state index contributed by atoms with van der Waals surface area (Å²) in [5, 5.41) is 0. The summed E-state index contributed by atoms with van der Waals surface area (Å²) in [6.07, 6.45) is 16.4. The number of hydrogen-bond donors (Lipinski definition) is 0. The molecule has 0 unspecified atom stereocenters. The molecule has 146 valence electrons. The summed E-state index contributed by atoms with van der Waals surface area (Å²) < 4.78 is 11.8. The number of pyridine rings is 2. The van der Waals surface area contributed by atoms with Crippen molar-refractivity contribution in [1.29, 1.82) is 0 Å². The molecule has 2 aromatic rings. The SMILES string of the molecule is c1cncc(OCCN(CCOc2cccnc2)C2CCCCCCC2)c1. The summed E-state index contributed by atoms with van der Waals surface area (Å²) in [5.41, 5.74) is 0. The molecule has 1 aliphatic carbocycles. The Balaban J connectivity index is 1.51. The molecule has 3 rings (SSSR count). The summed E-state index contributed by atoms with van der Waals surface area (Å²) in [5.74, 6) is 1.67. The maximum atomic E-state index is 5.89. The maximum absolute atomic E-state index is 5.89. The van der Waals surface area contributed by atoms with Crippen molar-refractivity contribution in [3.8, 4) is 11.5 Å². The lowest BCUT2D eigenvalue weighted by atomic mass is 9.95. The monoisotopic (exact) mass is 369 g/mol. The van der Waals surface area contributed by atoms with Crippen LogP contribution < -0.4 is 9.47 Å². The van der Waals surface area contributed by atoms with Crippen LogP contribution in [0.4, 0.5) is 0 Å². The van der Waals surface area contributed by atoms with Crippen molar-refractivity contribution in [3.05, 3.63) is 49.1 Å². The van der Waals surface area contributed by atoms with Gasteiger partial charge >= 0.3 is 0 Å². The molecular weight excluding hydrogens is 338 g/mol. The molecule has 27 heavy (non-hydrogen) atoms. The molecule has 0 bridgehead atoms. The largest absolute Gasteiger partial charge is 0.491 e. The van der Waals surface area contributed by atoms with Gasteiger partial charge in [0.1, 0.15) is 24.7 Å². The molecule has 0 aromatic carbocycles.